The van der Waals surface area contributed by atoms with Crippen LogP contribution in [0.1, 0.15) is 13.3 Å². The van der Waals surface area contributed by atoms with Crippen molar-refractivity contribution in [2.75, 3.05) is 11.4 Å². The minimum absolute atomic E-state index is 0. The van der Waals surface area contributed by atoms with Crippen LogP contribution in [0.4, 0.5) is 5.69 Å². The molecule has 1 unspecified atom stereocenters. The second-order valence-electron chi connectivity index (χ2n) is 4.54. The Morgan fingerprint density at radius 1 is 1.42 bits per heavy atom. The van der Waals surface area contributed by atoms with E-state index in [1.165, 1.54) is 0 Å². The molecule has 1 fully saturated rings. The number of carbonyl (C=O) groups excluding carboxylic acids is 2. The number of benzene rings is 1. The van der Waals surface area contributed by atoms with E-state index in [1.807, 2.05) is 30.3 Å². The number of halogens is 1. The van der Waals surface area contributed by atoms with Crippen LogP contribution in [0.3, 0.4) is 0 Å². The standard InChI is InChI=1S/C13H17N3O2.ClH/c1-9(14)13(18)15-10-7-12(17)16(8-10)11-5-3-2-4-6-11;/h2-6,9-10H,7-8,14H2,1H3,(H,15,18);1H/t9-,10?;/m1./s1. The van der Waals surface area contributed by atoms with Crippen molar-refractivity contribution in [3.63, 3.8) is 0 Å². The first-order valence-electron chi connectivity index (χ1n) is 5.99. The fourth-order valence-corrected chi connectivity index (χ4v) is 1.99. The third kappa shape index (κ3) is 3.68. The van der Waals surface area contributed by atoms with Crippen LogP contribution in [0.25, 0.3) is 0 Å². The molecule has 0 aliphatic carbocycles. The quantitative estimate of drug-likeness (QED) is 0.856. The summed E-state index contributed by atoms with van der Waals surface area (Å²) in [5.74, 6) is -0.195. The van der Waals surface area contributed by atoms with Crippen molar-refractivity contribution in [1.82, 2.24) is 5.32 Å². The van der Waals surface area contributed by atoms with E-state index in [1.54, 1.807) is 11.8 Å². The van der Waals surface area contributed by atoms with Crippen molar-refractivity contribution in [3.8, 4) is 0 Å². The lowest BCUT2D eigenvalue weighted by Crippen LogP contribution is -2.44. The van der Waals surface area contributed by atoms with Gasteiger partial charge in [0.1, 0.15) is 0 Å². The fraction of sp³-hybridized carbons (Fsp3) is 0.385. The summed E-state index contributed by atoms with van der Waals surface area (Å²) in [7, 11) is 0. The maximum absolute atomic E-state index is 11.9. The molecular formula is C13H18ClN3O2. The largest absolute Gasteiger partial charge is 0.350 e. The van der Waals surface area contributed by atoms with Gasteiger partial charge in [-0.05, 0) is 19.1 Å². The van der Waals surface area contributed by atoms with E-state index in [0.29, 0.717) is 13.0 Å². The molecule has 2 atom stereocenters. The first kappa shape index (κ1) is 15.5. The monoisotopic (exact) mass is 283 g/mol. The summed E-state index contributed by atoms with van der Waals surface area (Å²) in [5, 5.41) is 2.78. The van der Waals surface area contributed by atoms with Crippen LogP contribution in [-0.2, 0) is 9.59 Å². The van der Waals surface area contributed by atoms with Gasteiger partial charge in [-0.3, -0.25) is 9.59 Å². The lowest BCUT2D eigenvalue weighted by atomic mass is 10.2. The van der Waals surface area contributed by atoms with E-state index in [2.05, 4.69) is 5.32 Å². The minimum atomic E-state index is -0.550. The van der Waals surface area contributed by atoms with Gasteiger partial charge in [-0.2, -0.15) is 0 Å². The summed E-state index contributed by atoms with van der Waals surface area (Å²) in [5.41, 5.74) is 6.35. The molecule has 0 spiro atoms. The van der Waals surface area contributed by atoms with Gasteiger partial charge in [0.05, 0.1) is 12.1 Å². The highest BCUT2D eigenvalue weighted by Crippen LogP contribution is 2.20. The number of anilines is 1. The Hall–Kier alpha value is -1.59. The van der Waals surface area contributed by atoms with Crippen LogP contribution >= 0.6 is 12.4 Å². The van der Waals surface area contributed by atoms with Gasteiger partial charge in [0.15, 0.2) is 0 Å². The minimum Gasteiger partial charge on any atom is -0.350 e. The molecule has 0 saturated carbocycles. The zero-order valence-electron chi connectivity index (χ0n) is 10.7. The Kier molecular flexibility index (Phi) is 5.32. The van der Waals surface area contributed by atoms with Crippen molar-refractivity contribution < 1.29 is 9.59 Å². The molecule has 0 radical (unpaired) electrons. The van der Waals surface area contributed by atoms with Crippen LogP contribution in [0.15, 0.2) is 30.3 Å². The molecule has 1 heterocycles. The summed E-state index contributed by atoms with van der Waals surface area (Å²) in [6.07, 6.45) is 0.327. The number of rotatable bonds is 3. The number of hydrogen-bond donors (Lipinski definition) is 2. The molecule has 6 heteroatoms. The molecule has 1 aliphatic rings. The van der Waals surface area contributed by atoms with Gasteiger partial charge in [-0.1, -0.05) is 18.2 Å². The molecular weight excluding hydrogens is 266 g/mol. The number of nitrogens with zero attached hydrogens (tertiary/aromatic N) is 1. The van der Waals surface area contributed by atoms with Crippen molar-refractivity contribution in [1.29, 1.82) is 0 Å². The SMILES string of the molecule is C[C@@H](N)C(=O)NC1CC(=O)N(c2ccccc2)C1.Cl. The first-order valence-corrected chi connectivity index (χ1v) is 5.99. The molecule has 1 aromatic carbocycles. The van der Waals surface area contributed by atoms with Gasteiger partial charge >= 0.3 is 0 Å². The third-order valence-electron chi connectivity index (χ3n) is 2.95. The van der Waals surface area contributed by atoms with E-state index in [0.717, 1.165) is 5.69 Å². The lowest BCUT2D eigenvalue weighted by molar-refractivity contribution is -0.122. The number of para-hydroxylation sites is 1. The number of carbonyl (C=O) groups is 2. The summed E-state index contributed by atoms with van der Waals surface area (Å²) >= 11 is 0. The van der Waals surface area contributed by atoms with Crippen LogP contribution in [-0.4, -0.2) is 30.4 Å². The van der Waals surface area contributed by atoms with E-state index < -0.39 is 6.04 Å². The molecule has 1 aliphatic heterocycles. The Bertz CT molecular complexity index is 450. The zero-order chi connectivity index (χ0) is 13.1. The molecule has 2 rings (SSSR count). The van der Waals surface area contributed by atoms with Crippen LogP contribution in [0, 0.1) is 0 Å². The smallest absolute Gasteiger partial charge is 0.236 e. The van der Waals surface area contributed by atoms with Crippen LogP contribution in [0.5, 0.6) is 0 Å². The van der Waals surface area contributed by atoms with E-state index in [4.69, 9.17) is 5.73 Å². The fourth-order valence-electron chi connectivity index (χ4n) is 1.99. The van der Waals surface area contributed by atoms with Gasteiger partial charge in [0.25, 0.3) is 0 Å². The number of nitrogens with one attached hydrogen (secondary N) is 1. The van der Waals surface area contributed by atoms with Gasteiger partial charge in [0, 0.05) is 18.7 Å². The van der Waals surface area contributed by atoms with Crippen molar-refractivity contribution in [3.05, 3.63) is 30.3 Å². The van der Waals surface area contributed by atoms with Crippen molar-refractivity contribution in [2.24, 2.45) is 5.73 Å². The lowest BCUT2D eigenvalue weighted by Gasteiger charge is -2.17. The van der Waals surface area contributed by atoms with E-state index in [-0.39, 0.29) is 30.3 Å². The van der Waals surface area contributed by atoms with Crippen LogP contribution < -0.4 is 16.0 Å². The molecule has 3 N–H and O–H groups in total. The molecule has 1 saturated heterocycles. The molecule has 0 bridgehead atoms. The molecule has 0 aromatic heterocycles. The summed E-state index contributed by atoms with van der Waals surface area (Å²) < 4.78 is 0. The third-order valence-corrected chi connectivity index (χ3v) is 2.95. The summed E-state index contributed by atoms with van der Waals surface area (Å²) in [6.45, 7) is 2.13. The Morgan fingerprint density at radius 3 is 2.63 bits per heavy atom. The molecule has 2 amide bonds. The van der Waals surface area contributed by atoms with Gasteiger partial charge in [-0.15, -0.1) is 12.4 Å². The average Bonchev–Trinajstić information content (AvgIpc) is 2.71. The van der Waals surface area contributed by atoms with Gasteiger partial charge < -0.3 is 16.0 Å². The summed E-state index contributed by atoms with van der Waals surface area (Å²) in [4.78, 5) is 25.0. The normalized spacial score (nSPS) is 19.8. The number of amides is 2. The molecule has 104 valence electrons. The zero-order valence-corrected chi connectivity index (χ0v) is 11.5. The molecule has 5 nitrogen and oxygen atoms in total. The highest BCUT2D eigenvalue weighted by molar-refractivity contribution is 5.97. The Balaban J connectivity index is 0.00000180. The van der Waals surface area contributed by atoms with Crippen molar-refractivity contribution in [2.45, 2.75) is 25.4 Å². The topological polar surface area (TPSA) is 75.4 Å². The highest BCUT2D eigenvalue weighted by Gasteiger charge is 2.31. The van der Waals surface area contributed by atoms with E-state index >= 15 is 0 Å². The number of hydrogen-bond acceptors (Lipinski definition) is 3. The predicted molar refractivity (Wildman–Crippen MR) is 76.2 cm³/mol. The van der Waals surface area contributed by atoms with Gasteiger partial charge in [0.2, 0.25) is 11.8 Å². The maximum atomic E-state index is 11.9. The Morgan fingerprint density at radius 2 is 2.05 bits per heavy atom. The second-order valence-corrected chi connectivity index (χ2v) is 4.54. The Labute approximate surface area is 118 Å². The van der Waals surface area contributed by atoms with Crippen LogP contribution in [0.2, 0.25) is 0 Å². The predicted octanol–water partition coefficient (Wildman–Crippen LogP) is 0.677. The van der Waals surface area contributed by atoms with Crippen molar-refractivity contribution >= 4 is 29.9 Å². The van der Waals surface area contributed by atoms with Gasteiger partial charge in [-0.25, -0.2) is 0 Å². The maximum Gasteiger partial charge on any atom is 0.236 e. The van der Waals surface area contributed by atoms with E-state index in [9.17, 15) is 9.59 Å². The summed E-state index contributed by atoms with van der Waals surface area (Å²) in [6, 6.07) is 8.73. The average molecular weight is 284 g/mol. The molecule has 19 heavy (non-hydrogen) atoms. The number of nitrogens with two attached hydrogens (primary N) is 1. The highest BCUT2D eigenvalue weighted by atomic mass is 35.5. The molecule has 1 aromatic rings. The second kappa shape index (κ2) is 6.54. The first-order chi connectivity index (χ1) is 8.58.